The van der Waals surface area contributed by atoms with Crippen LogP contribution in [0, 0.1) is 0 Å². The average molecular weight is 739 g/mol. The summed E-state index contributed by atoms with van der Waals surface area (Å²) in [5.41, 5.74) is 0. The lowest BCUT2D eigenvalue weighted by Gasteiger charge is -2.03. The molecular formula is C46H90O6. The van der Waals surface area contributed by atoms with Crippen LogP contribution in [-0.4, -0.2) is 33.2 Å². The van der Waals surface area contributed by atoms with E-state index in [0.29, 0.717) is 19.3 Å². The maximum atomic E-state index is 10.3. The summed E-state index contributed by atoms with van der Waals surface area (Å²) in [7, 11) is 0. The lowest BCUT2D eigenvalue weighted by Crippen LogP contribution is -1.93. The Morgan fingerprint density at radius 3 is 0.654 bits per heavy atom. The van der Waals surface area contributed by atoms with Crippen molar-refractivity contribution in [3.63, 3.8) is 0 Å². The molecule has 0 aliphatic heterocycles. The van der Waals surface area contributed by atoms with Gasteiger partial charge in [0, 0.05) is 19.3 Å². The second-order valence-electron chi connectivity index (χ2n) is 15.1. The zero-order valence-corrected chi connectivity index (χ0v) is 35.1. The number of unbranched alkanes of at least 4 members (excludes halogenated alkanes) is 31. The number of allylic oxidation sites excluding steroid dienone is 2. The second-order valence-corrected chi connectivity index (χ2v) is 15.1. The smallest absolute Gasteiger partial charge is 0.303 e. The van der Waals surface area contributed by atoms with Crippen LogP contribution in [0.2, 0.25) is 0 Å². The summed E-state index contributed by atoms with van der Waals surface area (Å²) < 4.78 is 0. The van der Waals surface area contributed by atoms with Gasteiger partial charge >= 0.3 is 17.9 Å². The minimum Gasteiger partial charge on any atom is -0.481 e. The van der Waals surface area contributed by atoms with Crippen molar-refractivity contribution >= 4 is 17.9 Å². The van der Waals surface area contributed by atoms with E-state index in [1.807, 2.05) is 0 Å². The number of hydrogen-bond donors (Lipinski definition) is 3. The molecule has 0 saturated heterocycles. The topological polar surface area (TPSA) is 112 Å². The highest BCUT2D eigenvalue weighted by Gasteiger charge is 1.98. The van der Waals surface area contributed by atoms with Crippen LogP contribution in [0.3, 0.4) is 0 Å². The van der Waals surface area contributed by atoms with Gasteiger partial charge in [-0.1, -0.05) is 213 Å². The standard InChI is InChI=1S/C18H36O2.C18H34O2.C10H20O2/c2*1-2-3-4-5-6-7-8-9-10-11-12-13-14-15-16-17-18(19)20;1-2-3-4-5-6-7-8-9-10(11)12/h2-17H2,1H3,(H,19,20);9-10H,2-8,11-17H2,1H3,(H,19,20);2-9H2,1H3,(H,11,12). The van der Waals surface area contributed by atoms with E-state index in [1.165, 1.54) is 186 Å². The maximum absolute atomic E-state index is 10.3. The Kier molecular flexibility index (Phi) is 53.7. The summed E-state index contributed by atoms with van der Waals surface area (Å²) >= 11 is 0. The molecule has 0 fully saturated rings. The van der Waals surface area contributed by atoms with Crippen LogP contribution in [0.25, 0.3) is 0 Å². The second kappa shape index (κ2) is 51.3. The fraction of sp³-hybridized carbons (Fsp3) is 0.891. The highest BCUT2D eigenvalue weighted by atomic mass is 16.4. The molecule has 0 saturated carbocycles. The molecule has 0 aromatic rings. The van der Waals surface area contributed by atoms with Crippen molar-refractivity contribution in [1.82, 2.24) is 0 Å². The van der Waals surface area contributed by atoms with Gasteiger partial charge in [-0.3, -0.25) is 14.4 Å². The molecule has 310 valence electrons. The summed E-state index contributed by atoms with van der Waals surface area (Å²) in [5.74, 6) is -1.98. The van der Waals surface area contributed by atoms with Gasteiger partial charge in [-0.25, -0.2) is 0 Å². The quantitative estimate of drug-likeness (QED) is 0.0427. The number of carbonyl (C=O) groups is 3. The lowest BCUT2D eigenvalue weighted by molar-refractivity contribution is -0.138. The number of hydrogen-bond acceptors (Lipinski definition) is 3. The number of rotatable bonds is 39. The van der Waals surface area contributed by atoms with E-state index in [-0.39, 0.29) is 0 Å². The SMILES string of the molecule is CCCCCCCCC=CCCCCCCCC(=O)O.CCCCCCCCCC(=O)O.CCCCCCCCCCCCCCCCCC(=O)O. The largest absolute Gasteiger partial charge is 0.481 e. The third kappa shape index (κ3) is 63.2. The van der Waals surface area contributed by atoms with E-state index in [0.717, 1.165) is 38.5 Å². The molecule has 0 spiro atoms. The van der Waals surface area contributed by atoms with Gasteiger partial charge < -0.3 is 15.3 Å². The summed E-state index contributed by atoms with van der Waals surface area (Å²) in [6.45, 7) is 6.73. The summed E-state index contributed by atoms with van der Waals surface area (Å²) in [6.07, 6.45) is 50.1. The average Bonchev–Trinajstić information content (AvgIpc) is 3.11. The molecule has 0 atom stereocenters. The molecular weight excluding hydrogens is 649 g/mol. The molecule has 0 radical (unpaired) electrons. The van der Waals surface area contributed by atoms with Crippen LogP contribution >= 0.6 is 0 Å². The van der Waals surface area contributed by atoms with Crippen molar-refractivity contribution in [2.45, 2.75) is 265 Å². The molecule has 6 heteroatoms. The van der Waals surface area contributed by atoms with Crippen molar-refractivity contribution in [2.75, 3.05) is 0 Å². The Hall–Kier alpha value is -1.85. The summed E-state index contributed by atoms with van der Waals surface area (Å²) in [6, 6.07) is 0. The van der Waals surface area contributed by atoms with Crippen LogP contribution < -0.4 is 0 Å². The molecule has 0 aliphatic carbocycles. The fourth-order valence-corrected chi connectivity index (χ4v) is 6.23. The maximum Gasteiger partial charge on any atom is 0.303 e. The van der Waals surface area contributed by atoms with Gasteiger partial charge in [-0.05, 0) is 44.9 Å². The Bertz CT molecular complexity index is 734. The van der Waals surface area contributed by atoms with Gasteiger partial charge in [0.05, 0.1) is 0 Å². The van der Waals surface area contributed by atoms with E-state index < -0.39 is 17.9 Å². The number of carboxylic acid groups (broad SMARTS) is 3. The molecule has 0 unspecified atom stereocenters. The van der Waals surface area contributed by atoms with Crippen LogP contribution in [0.5, 0.6) is 0 Å². The first kappa shape index (κ1) is 54.5. The summed E-state index contributed by atoms with van der Waals surface area (Å²) in [5, 5.41) is 25.4. The van der Waals surface area contributed by atoms with E-state index in [1.54, 1.807) is 0 Å². The van der Waals surface area contributed by atoms with Gasteiger partial charge in [0.25, 0.3) is 0 Å². The molecule has 0 bridgehead atoms. The first-order valence-electron chi connectivity index (χ1n) is 22.6. The molecule has 52 heavy (non-hydrogen) atoms. The molecule has 0 heterocycles. The van der Waals surface area contributed by atoms with Gasteiger partial charge in [-0.2, -0.15) is 0 Å². The number of aliphatic carboxylic acids is 3. The van der Waals surface area contributed by atoms with Gasteiger partial charge in [0.2, 0.25) is 0 Å². The van der Waals surface area contributed by atoms with Crippen molar-refractivity contribution in [3.8, 4) is 0 Å². The lowest BCUT2D eigenvalue weighted by atomic mass is 10.0. The third-order valence-electron chi connectivity index (χ3n) is 9.64. The zero-order chi connectivity index (χ0) is 39.0. The molecule has 6 nitrogen and oxygen atoms in total. The highest BCUT2D eigenvalue weighted by Crippen LogP contribution is 2.14. The van der Waals surface area contributed by atoms with Crippen molar-refractivity contribution in [3.05, 3.63) is 12.2 Å². The Morgan fingerprint density at radius 2 is 0.462 bits per heavy atom. The fourth-order valence-electron chi connectivity index (χ4n) is 6.23. The van der Waals surface area contributed by atoms with Gasteiger partial charge in [0.15, 0.2) is 0 Å². The van der Waals surface area contributed by atoms with Crippen molar-refractivity contribution in [1.29, 1.82) is 0 Å². The molecule has 0 aromatic carbocycles. The Morgan fingerprint density at radius 1 is 0.288 bits per heavy atom. The summed E-state index contributed by atoms with van der Waals surface area (Å²) in [4.78, 5) is 30.8. The Balaban J connectivity index is -0.000000717. The third-order valence-corrected chi connectivity index (χ3v) is 9.64. The van der Waals surface area contributed by atoms with Crippen molar-refractivity contribution < 1.29 is 29.7 Å². The zero-order valence-electron chi connectivity index (χ0n) is 35.1. The van der Waals surface area contributed by atoms with Crippen LogP contribution in [0.15, 0.2) is 12.2 Å². The minimum absolute atomic E-state index is 0.332. The first-order chi connectivity index (χ1) is 25.3. The molecule has 0 rings (SSSR count). The predicted octanol–water partition coefficient (Wildman–Crippen LogP) is 15.7. The monoisotopic (exact) mass is 739 g/mol. The molecule has 0 amide bonds. The van der Waals surface area contributed by atoms with Crippen LogP contribution in [0.4, 0.5) is 0 Å². The van der Waals surface area contributed by atoms with Crippen LogP contribution in [-0.2, 0) is 14.4 Å². The van der Waals surface area contributed by atoms with E-state index in [2.05, 4.69) is 32.9 Å². The van der Waals surface area contributed by atoms with E-state index in [9.17, 15) is 14.4 Å². The molecule has 3 N–H and O–H groups in total. The minimum atomic E-state index is -0.664. The van der Waals surface area contributed by atoms with E-state index in [4.69, 9.17) is 15.3 Å². The van der Waals surface area contributed by atoms with Gasteiger partial charge in [0.1, 0.15) is 0 Å². The van der Waals surface area contributed by atoms with Gasteiger partial charge in [-0.15, -0.1) is 0 Å². The van der Waals surface area contributed by atoms with E-state index >= 15 is 0 Å². The number of carboxylic acids is 3. The van der Waals surface area contributed by atoms with Crippen LogP contribution in [0.1, 0.15) is 265 Å². The molecule has 0 aliphatic rings. The normalized spacial score (nSPS) is 10.8. The highest BCUT2D eigenvalue weighted by molar-refractivity contribution is 5.67. The Labute approximate surface area is 323 Å². The van der Waals surface area contributed by atoms with Crippen molar-refractivity contribution in [2.24, 2.45) is 0 Å². The first-order valence-corrected chi connectivity index (χ1v) is 22.6. The predicted molar refractivity (Wildman–Crippen MR) is 225 cm³/mol. The molecule has 0 aromatic heterocycles.